The molecule has 6 N–H and O–H groups in total. The molecule has 2 aromatic rings. The summed E-state index contributed by atoms with van der Waals surface area (Å²) in [5.74, 6) is -2.17. The Hall–Kier alpha value is -3.14. The van der Waals surface area contributed by atoms with E-state index in [0.29, 0.717) is 16.3 Å². The minimum atomic E-state index is -1.51. The Morgan fingerprint density at radius 3 is 2.47 bits per heavy atom. The van der Waals surface area contributed by atoms with Crippen LogP contribution in [0.4, 0.5) is 4.39 Å². The molecule has 1 aliphatic heterocycles. The van der Waals surface area contributed by atoms with Crippen LogP contribution in [0.2, 0.25) is 5.02 Å². The Balaban J connectivity index is 1.18. The number of amides is 1. The smallest absolute Gasteiger partial charge is 0.247 e. The van der Waals surface area contributed by atoms with E-state index in [1.54, 1.807) is 25.1 Å². The van der Waals surface area contributed by atoms with E-state index in [1.165, 1.54) is 25.1 Å². The summed E-state index contributed by atoms with van der Waals surface area (Å²) in [6.45, 7) is 3.13. The predicted octanol–water partition coefficient (Wildman–Crippen LogP) is 1.29. The van der Waals surface area contributed by atoms with E-state index in [9.17, 15) is 30.3 Å². The van der Waals surface area contributed by atoms with Crippen LogP contribution < -0.4 is 10.1 Å². The average molecular weight is 651 g/mol. The summed E-state index contributed by atoms with van der Waals surface area (Å²) >= 11 is 5.98. The fraction of sp³-hybridized carbons (Fsp3) is 0.484. The second-order valence-corrected chi connectivity index (χ2v) is 11.9. The van der Waals surface area contributed by atoms with Crippen LogP contribution in [-0.2, 0) is 25.7 Å². The molecule has 0 aromatic heterocycles. The zero-order valence-corrected chi connectivity index (χ0v) is 25.3. The van der Waals surface area contributed by atoms with E-state index in [0.717, 1.165) is 11.6 Å². The standard InChI is InChI=1S/C31H36ClFN2O10/c1-14(31(41)34-23-26(38)28(40)30-29(27(23)39)42-13-43-30)8-16-6-7-21(20(33)10-16)45-22-11-19(24(36)25(22)37)15(2)35-44-12-17-4-3-5-18(32)9-17/h3-10,19,22-30,36-40H,11-13H2,1-2H3,(H,34,41)/b14-8+,35-15+/t19-,22-,23?,24-,25+,26+,27-,28-,29?,30-/m1/s1. The van der Waals surface area contributed by atoms with Crippen molar-refractivity contribution in [2.45, 2.75) is 81.7 Å². The highest BCUT2D eigenvalue weighted by Gasteiger charge is 2.53. The summed E-state index contributed by atoms with van der Waals surface area (Å²) in [5, 5.41) is 59.7. The molecular weight excluding hydrogens is 615 g/mol. The number of hydrogen-bond acceptors (Lipinski definition) is 11. The number of benzene rings is 2. The molecule has 0 spiro atoms. The van der Waals surface area contributed by atoms with Crippen molar-refractivity contribution < 1.29 is 53.8 Å². The van der Waals surface area contributed by atoms with Gasteiger partial charge in [0, 0.05) is 16.5 Å². The molecule has 10 atom stereocenters. The average Bonchev–Trinajstić information content (AvgIpc) is 3.61. The molecule has 1 saturated heterocycles. The number of oxime groups is 1. The van der Waals surface area contributed by atoms with Gasteiger partial charge in [-0.15, -0.1) is 0 Å². The number of aliphatic hydroxyl groups excluding tert-OH is 5. The normalized spacial score (nSPS) is 33.5. The Morgan fingerprint density at radius 1 is 1.02 bits per heavy atom. The van der Waals surface area contributed by atoms with Gasteiger partial charge in [-0.05, 0) is 61.7 Å². The van der Waals surface area contributed by atoms with E-state index < -0.39 is 72.5 Å². The second-order valence-electron chi connectivity index (χ2n) is 11.5. The van der Waals surface area contributed by atoms with Gasteiger partial charge in [0.05, 0.1) is 17.9 Å². The molecule has 1 amide bonds. The molecule has 14 heteroatoms. The molecule has 244 valence electrons. The summed E-state index contributed by atoms with van der Waals surface area (Å²) in [6.07, 6.45) is -7.94. The van der Waals surface area contributed by atoms with Crippen molar-refractivity contribution >= 4 is 29.3 Å². The van der Waals surface area contributed by atoms with Gasteiger partial charge in [0.1, 0.15) is 56.1 Å². The van der Waals surface area contributed by atoms with Gasteiger partial charge >= 0.3 is 0 Å². The van der Waals surface area contributed by atoms with Gasteiger partial charge < -0.3 is 49.9 Å². The number of nitrogens with zero attached hydrogens (tertiary/aromatic N) is 1. The van der Waals surface area contributed by atoms with E-state index in [4.69, 9.17) is 30.6 Å². The van der Waals surface area contributed by atoms with Crippen molar-refractivity contribution in [2.24, 2.45) is 11.1 Å². The van der Waals surface area contributed by atoms with E-state index in [-0.39, 0.29) is 31.1 Å². The van der Waals surface area contributed by atoms with E-state index >= 15 is 4.39 Å². The number of halogens is 2. The topological polar surface area (TPSA) is 180 Å². The first-order valence-electron chi connectivity index (χ1n) is 14.4. The molecule has 0 radical (unpaired) electrons. The summed E-state index contributed by atoms with van der Waals surface area (Å²) in [7, 11) is 0. The van der Waals surface area contributed by atoms with Crippen molar-refractivity contribution in [3.05, 3.63) is 70.0 Å². The van der Waals surface area contributed by atoms with Crippen LogP contribution in [0.5, 0.6) is 5.75 Å². The predicted molar refractivity (Wildman–Crippen MR) is 159 cm³/mol. The lowest BCUT2D eigenvalue weighted by molar-refractivity contribution is -0.155. The zero-order chi connectivity index (χ0) is 32.4. The molecule has 2 unspecified atom stereocenters. The van der Waals surface area contributed by atoms with Crippen molar-refractivity contribution in [1.29, 1.82) is 0 Å². The number of carbonyl (C=O) groups is 1. The third kappa shape index (κ3) is 7.31. The minimum Gasteiger partial charge on any atom is -0.485 e. The Labute approximate surface area is 263 Å². The monoisotopic (exact) mass is 650 g/mol. The van der Waals surface area contributed by atoms with Crippen LogP contribution >= 0.6 is 11.6 Å². The highest BCUT2D eigenvalue weighted by atomic mass is 35.5. The molecule has 2 saturated carbocycles. The van der Waals surface area contributed by atoms with Crippen LogP contribution in [0, 0.1) is 11.7 Å². The molecule has 3 fully saturated rings. The largest absolute Gasteiger partial charge is 0.485 e. The lowest BCUT2D eigenvalue weighted by atomic mass is 9.83. The Morgan fingerprint density at radius 2 is 1.76 bits per heavy atom. The third-order valence-electron chi connectivity index (χ3n) is 8.37. The maximum atomic E-state index is 15.1. The lowest BCUT2D eigenvalue weighted by Crippen LogP contribution is -2.67. The van der Waals surface area contributed by atoms with Crippen molar-refractivity contribution in [2.75, 3.05) is 6.79 Å². The van der Waals surface area contributed by atoms with Gasteiger partial charge in [-0.2, -0.15) is 0 Å². The molecule has 2 aliphatic carbocycles. The molecule has 5 rings (SSSR count). The van der Waals surface area contributed by atoms with Gasteiger partial charge in [0.2, 0.25) is 5.91 Å². The van der Waals surface area contributed by atoms with Crippen molar-refractivity contribution in [3.63, 3.8) is 0 Å². The molecule has 2 aromatic carbocycles. The second kappa shape index (κ2) is 14.1. The molecule has 0 bridgehead atoms. The van der Waals surface area contributed by atoms with Crippen LogP contribution in [0.15, 0.2) is 53.2 Å². The lowest BCUT2D eigenvalue weighted by Gasteiger charge is -2.41. The molecule has 1 heterocycles. The first-order chi connectivity index (χ1) is 21.4. The molecule has 12 nitrogen and oxygen atoms in total. The Kier molecular flexibility index (Phi) is 10.4. The van der Waals surface area contributed by atoms with Crippen LogP contribution in [0.3, 0.4) is 0 Å². The maximum absolute atomic E-state index is 15.1. The number of carbonyl (C=O) groups excluding carboxylic acids is 1. The van der Waals surface area contributed by atoms with Crippen LogP contribution in [0.1, 0.15) is 31.4 Å². The maximum Gasteiger partial charge on any atom is 0.247 e. The van der Waals surface area contributed by atoms with Gasteiger partial charge in [-0.25, -0.2) is 4.39 Å². The summed E-state index contributed by atoms with van der Waals surface area (Å²) in [6, 6.07) is 9.86. The fourth-order valence-corrected chi connectivity index (χ4v) is 6.04. The van der Waals surface area contributed by atoms with Crippen molar-refractivity contribution in [3.8, 4) is 5.75 Å². The first kappa shape index (κ1) is 33.2. The number of aliphatic hydroxyl groups is 5. The Bertz CT molecular complexity index is 1440. The summed E-state index contributed by atoms with van der Waals surface area (Å²) in [4.78, 5) is 18.2. The molecule has 45 heavy (non-hydrogen) atoms. The summed E-state index contributed by atoms with van der Waals surface area (Å²) in [5.41, 5.74) is 1.70. The highest BCUT2D eigenvalue weighted by Crippen LogP contribution is 2.33. The van der Waals surface area contributed by atoms with Gasteiger partial charge in [-0.1, -0.05) is 35.0 Å². The number of fused-ring (bicyclic) bond motifs is 1. The van der Waals surface area contributed by atoms with Crippen LogP contribution in [-0.4, -0.2) is 98.8 Å². The summed E-state index contributed by atoms with van der Waals surface area (Å²) < 4.78 is 31.3. The number of ether oxygens (including phenoxy) is 3. The molecule has 3 aliphatic rings. The highest BCUT2D eigenvalue weighted by molar-refractivity contribution is 6.30. The fourth-order valence-electron chi connectivity index (χ4n) is 5.83. The van der Waals surface area contributed by atoms with E-state index in [1.807, 2.05) is 6.07 Å². The zero-order valence-electron chi connectivity index (χ0n) is 24.5. The van der Waals surface area contributed by atoms with Crippen LogP contribution in [0.25, 0.3) is 6.08 Å². The van der Waals surface area contributed by atoms with Gasteiger partial charge in [0.15, 0.2) is 11.6 Å². The van der Waals surface area contributed by atoms with E-state index in [2.05, 4.69) is 10.5 Å². The molecular formula is C31H36ClFN2O10. The van der Waals surface area contributed by atoms with Gasteiger partial charge in [0.25, 0.3) is 0 Å². The number of nitrogens with one attached hydrogen (secondary N) is 1. The number of hydrogen-bond donors (Lipinski definition) is 6. The minimum absolute atomic E-state index is 0.132. The SMILES string of the molecule is C/C(=C\c1ccc(O[C@@H]2C[C@H](/C(C)=N/OCc3cccc(Cl)c3)[C@@H](O)[C@H]2O)c(F)c1)C(=O)NC1[C@@H](O)C2OCO[C@@H]2[C@H](O)[C@H]1O. The van der Waals surface area contributed by atoms with Gasteiger partial charge in [-0.3, -0.25) is 4.79 Å². The quantitative estimate of drug-likeness (QED) is 0.132. The van der Waals surface area contributed by atoms with Crippen molar-refractivity contribution in [1.82, 2.24) is 5.32 Å². The number of rotatable bonds is 9. The first-order valence-corrected chi connectivity index (χ1v) is 14.8. The third-order valence-corrected chi connectivity index (χ3v) is 8.61.